The molecule has 0 bridgehead atoms. The van der Waals surface area contributed by atoms with Gasteiger partial charge in [-0.15, -0.1) is 0 Å². The Morgan fingerprint density at radius 3 is 0.792 bits per heavy atom. The predicted octanol–water partition coefficient (Wildman–Crippen LogP) is 22.9. The number of carbonyl (C=O) groups excluding carboxylic acids is 3. The van der Waals surface area contributed by atoms with Crippen LogP contribution < -0.4 is 0 Å². The summed E-state index contributed by atoms with van der Waals surface area (Å²) in [7, 11) is 0. The van der Waals surface area contributed by atoms with E-state index in [4.69, 9.17) is 14.2 Å². The Bertz CT molecular complexity index is 1420. The topological polar surface area (TPSA) is 78.9 Å². The van der Waals surface area contributed by atoms with E-state index in [2.05, 4.69) is 93.7 Å². The first-order chi connectivity index (χ1) is 38.0. The van der Waals surface area contributed by atoms with E-state index in [1.54, 1.807) is 0 Å². The van der Waals surface area contributed by atoms with Gasteiger partial charge in [-0.05, 0) is 89.9 Å². The monoisotopic (exact) mass is 1070 g/mol. The SMILES string of the molecule is CC/C=C\C/C=C\C/C=C\CCCCCCCC(=O)OC(COC(=O)CCCCCCCCCCCCCCCCC)COC(=O)CCCCCCCCCCCCCCCC/C=C\C/C=C\C/C=C\CCCCCCC. The smallest absolute Gasteiger partial charge is 0.306 e. The van der Waals surface area contributed by atoms with Gasteiger partial charge in [-0.2, -0.15) is 0 Å². The lowest BCUT2D eigenvalue weighted by molar-refractivity contribution is -0.167. The second-order valence-electron chi connectivity index (χ2n) is 22.4. The summed E-state index contributed by atoms with van der Waals surface area (Å²) in [6.07, 6.45) is 84.9. The summed E-state index contributed by atoms with van der Waals surface area (Å²) in [6, 6.07) is 0. The van der Waals surface area contributed by atoms with Gasteiger partial charge in [0.1, 0.15) is 13.2 Å². The molecule has 0 amide bonds. The molecule has 0 rings (SSSR count). The van der Waals surface area contributed by atoms with Gasteiger partial charge >= 0.3 is 17.9 Å². The van der Waals surface area contributed by atoms with E-state index in [9.17, 15) is 14.4 Å². The molecule has 0 aliphatic carbocycles. The molecule has 0 radical (unpaired) electrons. The second-order valence-corrected chi connectivity index (χ2v) is 22.4. The van der Waals surface area contributed by atoms with Gasteiger partial charge in [-0.3, -0.25) is 14.4 Å². The van der Waals surface area contributed by atoms with Gasteiger partial charge in [-0.1, -0.05) is 306 Å². The highest BCUT2D eigenvalue weighted by Crippen LogP contribution is 2.17. The Morgan fingerprint density at radius 2 is 0.506 bits per heavy atom. The fourth-order valence-electron chi connectivity index (χ4n) is 9.70. The van der Waals surface area contributed by atoms with Crippen molar-refractivity contribution in [3.63, 3.8) is 0 Å². The number of carbonyl (C=O) groups is 3. The summed E-state index contributed by atoms with van der Waals surface area (Å²) in [5.74, 6) is -0.879. The molecule has 0 heterocycles. The lowest BCUT2D eigenvalue weighted by Crippen LogP contribution is -2.30. The van der Waals surface area contributed by atoms with Gasteiger partial charge in [0.05, 0.1) is 0 Å². The van der Waals surface area contributed by atoms with E-state index < -0.39 is 6.10 Å². The first kappa shape index (κ1) is 73.8. The van der Waals surface area contributed by atoms with Crippen LogP contribution in [-0.2, 0) is 28.6 Å². The van der Waals surface area contributed by atoms with E-state index in [1.807, 2.05) is 0 Å². The first-order valence-electron chi connectivity index (χ1n) is 33.4. The average molecular weight is 1080 g/mol. The third-order valence-electron chi connectivity index (χ3n) is 14.7. The van der Waals surface area contributed by atoms with Gasteiger partial charge in [0.25, 0.3) is 0 Å². The first-order valence-corrected chi connectivity index (χ1v) is 33.4. The van der Waals surface area contributed by atoms with E-state index in [1.165, 1.54) is 193 Å². The number of esters is 3. The molecule has 6 nitrogen and oxygen atoms in total. The molecular formula is C71H126O6. The summed E-state index contributed by atoms with van der Waals surface area (Å²) in [4.78, 5) is 38.3. The van der Waals surface area contributed by atoms with Crippen LogP contribution >= 0.6 is 0 Å². The highest BCUT2D eigenvalue weighted by Gasteiger charge is 2.19. The maximum absolute atomic E-state index is 12.9. The van der Waals surface area contributed by atoms with Crippen molar-refractivity contribution >= 4 is 17.9 Å². The minimum absolute atomic E-state index is 0.0787. The van der Waals surface area contributed by atoms with Crippen molar-refractivity contribution in [2.75, 3.05) is 13.2 Å². The Balaban J connectivity index is 4.23. The summed E-state index contributed by atoms with van der Waals surface area (Å²) in [6.45, 7) is 6.55. The molecule has 0 aromatic rings. The average Bonchev–Trinajstić information content (AvgIpc) is 3.43. The van der Waals surface area contributed by atoms with Crippen molar-refractivity contribution in [1.29, 1.82) is 0 Å². The third kappa shape index (κ3) is 63.6. The molecule has 0 aliphatic rings. The molecular weight excluding hydrogens is 949 g/mol. The van der Waals surface area contributed by atoms with Crippen LogP contribution in [0.25, 0.3) is 0 Å². The maximum atomic E-state index is 12.9. The highest BCUT2D eigenvalue weighted by atomic mass is 16.6. The van der Waals surface area contributed by atoms with E-state index in [-0.39, 0.29) is 31.1 Å². The zero-order valence-corrected chi connectivity index (χ0v) is 51.2. The minimum atomic E-state index is -0.783. The molecule has 0 saturated heterocycles. The normalized spacial score (nSPS) is 12.5. The number of unbranched alkanes of at least 4 members (excludes halogenated alkanes) is 38. The summed E-state index contributed by atoms with van der Waals surface area (Å²) >= 11 is 0. The van der Waals surface area contributed by atoms with E-state index in [0.717, 1.165) is 109 Å². The van der Waals surface area contributed by atoms with Crippen LogP contribution in [0.2, 0.25) is 0 Å². The molecule has 77 heavy (non-hydrogen) atoms. The zero-order chi connectivity index (χ0) is 55.7. The minimum Gasteiger partial charge on any atom is -0.462 e. The fourth-order valence-corrected chi connectivity index (χ4v) is 9.70. The predicted molar refractivity (Wildman–Crippen MR) is 335 cm³/mol. The molecule has 0 N–H and O–H groups in total. The number of ether oxygens (including phenoxy) is 3. The van der Waals surface area contributed by atoms with Gasteiger partial charge in [0.2, 0.25) is 0 Å². The van der Waals surface area contributed by atoms with E-state index >= 15 is 0 Å². The van der Waals surface area contributed by atoms with Crippen LogP contribution in [0.3, 0.4) is 0 Å². The molecule has 0 aliphatic heterocycles. The number of rotatable bonds is 61. The van der Waals surface area contributed by atoms with Crippen molar-refractivity contribution in [2.45, 2.75) is 348 Å². The van der Waals surface area contributed by atoms with Crippen LogP contribution in [0, 0.1) is 0 Å². The van der Waals surface area contributed by atoms with Crippen LogP contribution in [0.5, 0.6) is 0 Å². The van der Waals surface area contributed by atoms with Crippen molar-refractivity contribution < 1.29 is 28.6 Å². The van der Waals surface area contributed by atoms with Crippen molar-refractivity contribution in [3.05, 3.63) is 72.9 Å². The third-order valence-corrected chi connectivity index (χ3v) is 14.7. The van der Waals surface area contributed by atoms with Gasteiger partial charge in [0, 0.05) is 19.3 Å². The summed E-state index contributed by atoms with van der Waals surface area (Å²) < 4.78 is 16.9. The molecule has 446 valence electrons. The van der Waals surface area contributed by atoms with Crippen LogP contribution in [0.4, 0.5) is 0 Å². The van der Waals surface area contributed by atoms with Crippen molar-refractivity contribution in [2.24, 2.45) is 0 Å². The van der Waals surface area contributed by atoms with Crippen LogP contribution in [0.15, 0.2) is 72.9 Å². The Morgan fingerprint density at radius 1 is 0.273 bits per heavy atom. The molecule has 1 atom stereocenters. The summed E-state index contributed by atoms with van der Waals surface area (Å²) in [5, 5.41) is 0. The van der Waals surface area contributed by atoms with Crippen molar-refractivity contribution in [3.8, 4) is 0 Å². The number of hydrogen-bond acceptors (Lipinski definition) is 6. The standard InChI is InChI=1S/C71H126O6/c1-4-7-10-13-16-19-22-25-28-29-30-31-32-33-34-35-36-37-38-39-40-41-44-46-49-52-55-58-61-64-70(73)76-67-68(77-71(74)65-62-59-56-53-50-47-43-27-24-21-18-15-12-9-6-3)66-75-69(72)63-60-57-54-51-48-45-42-26-23-20-17-14-11-8-5-2/h9,12,18,21-22,25,27,29-30,32-33,43,68H,4-8,10-11,13-17,19-20,23-24,26,28,31,34-42,44-67H2,1-3H3/b12-9-,21-18-,25-22-,30-29-,33-32-,43-27-. The highest BCUT2D eigenvalue weighted by molar-refractivity contribution is 5.71. The molecule has 0 fully saturated rings. The molecule has 0 aromatic carbocycles. The lowest BCUT2D eigenvalue weighted by atomic mass is 10.0. The van der Waals surface area contributed by atoms with E-state index in [0.29, 0.717) is 19.3 Å². The molecule has 0 aromatic heterocycles. The molecule has 0 saturated carbocycles. The lowest BCUT2D eigenvalue weighted by Gasteiger charge is -2.18. The molecule has 6 heteroatoms. The van der Waals surface area contributed by atoms with Crippen LogP contribution in [0.1, 0.15) is 342 Å². The van der Waals surface area contributed by atoms with Gasteiger partial charge in [0.15, 0.2) is 6.10 Å². The van der Waals surface area contributed by atoms with Gasteiger partial charge in [-0.25, -0.2) is 0 Å². The zero-order valence-electron chi connectivity index (χ0n) is 51.2. The summed E-state index contributed by atoms with van der Waals surface area (Å²) in [5.41, 5.74) is 0. The Kier molecular flexibility index (Phi) is 62.7. The quantitative estimate of drug-likeness (QED) is 0.0261. The molecule has 0 spiro atoms. The maximum Gasteiger partial charge on any atom is 0.306 e. The molecule has 1 unspecified atom stereocenters. The van der Waals surface area contributed by atoms with Crippen LogP contribution in [-0.4, -0.2) is 37.2 Å². The number of allylic oxidation sites excluding steroid dienone is 12. The Labute approximate surface area is 478 Å². The van der Waals surface area contributed by atoms with Gasteiger partial charge < -0.3 is 14.2 Å². The fraction of sp³-hybridized carbons (Fsp3) is 0.789. The van der Waals surface area contributed by atoms with Crippen molar-refractivity contribution in [1.82, 2.24) is 0 Å². The second kappa shape index (κ2) is 65.4. The number of hydrogen-bond donors (Lipinski definition) is 0. The largest absolute Gasteiger partial charge is 0.462 e. The Hall–Kier alpha value is -3.15.